The molecule has 17 heavy (non-hydrogen) atoms. The highest BCUT2D eigenvalue weighted by Crippen LogP contribution is 1.93. The second-order valence-corrected chi connectivity index (χ2v) is 3.92. The van der Waals surface area contributed by atoms with Crippen molar-refractivity contribution >= 4 is 0 Å². The average Bonchev–Trinajstić information content (AvgIpc) is 2.66. The number of H-pyrrole nitrogens is 1. The molecule has 7 nitrogen and oxygen atoms in total. The molecule has 0 unspecified atom stereocenters. The van der Waals surface area contributed by atoms with Crippen LogP contribution >= 0.6 is 0 Å². The fraction of sp³-hybridized carbons (Fsp3) is 0.800. The summed E-state index contributed by atoms with van der Waals surface area (Å²) in [6, 6.07) is 0.138. The van der Waals surface area contributed by atoms with Gasteiger partial charge in [-0.3, -0.25) is 4.52 Å². The van der Waals surface area contributed by atoms with E-state index in [1.54, 1.807) is 18.9 Å². The number of aromatic amines is 1. The summed E-state index contributed by atoms with van der Waals surface area (Å²) in [6.07, 6.45) is -0.325. The van der Waals surface area contributed by atoms with Gasteiger partial charge in [0, 0.05) is 20.8 Å². The summed E-state index contributed by atoms with van der Waals surface area (Å²) in [7, 11) is 3.13. The summed E-state index contributed by atoms with van der Waals surface area (Å²) < 4.78 is 16.5. The third-order valence-corrected chi connectivity index (χ3v) is 2.41. The van der Waals surface area contributed by atoms with Crippen LogP contribution in [-0.2, 0) is 16.0 Å². The highest BCUT2D eigenvalue weighted by Gasteiger charge is 2.23. The second-order valence-electron chi connectivity index (χ2n) is 3.92. The lowest BCUT2D eigenvalue weighted by atomic mass is 10.3. The van der Waals surface area contributed by atoms with E-state index in [1.807, 2.05) is 13.8 Å². The molecule has 1 rings (SSSR count). The zero-order chi connectivity index (χ0) is 12.8. The van der Waals surface area contributed by atoms with Gasteiger partial charge in [-0.1, -0.05) is 4.68 Å². The Hall–Kier alpha value is -1.18. The fourth-order valence-corrected chi connectivity index (χ4v) is 1.45. The Morgan fingerprint density at radius 3 is 2.59 bits per heavy atom. The predicted molar refractivity (Wildman–Crippen MR) is 59.4 cm³/mol. The van der Waals surface area contributed by atoms with E-state index in [4.69, 9.17) is 14.0 Å². The maximum Gasteiger partial charge on any atom is 0.431 e. The minimum absolute atomic E-state index is 0.138. The molecular formula is C10H20N3O4+. The number of methoxy groups -OCH3 is 2. The van der Waals surface area contributed by atoms with Crippen LogP contribution in [0.2, 0.25) is 0 Å². The van der Waals surface area contributed by atoms with Crippen LogP contribution in [0.15, 0.2) is 9.32 Å². The second kappa shape index (κ2) is 6.53. The molecule has 7 heteroatoms. The Bertz CT molecular complexity index is 381. The smallest absolute Gasteiger partial charge is 0.355 e. The fourth-order valence-electron chi connectivity index (χ4n) is 1.45. The highest BCUT2D eigenvalue weighted by atomic mass is 16.7. The van der Waals surface area contributed by atoms with Gasteiger partial charge in [-0.05, 0) is 19.1 Å². The van der Waals surface area contributed by atoms with Crippen molar-refractivity contribution in [3.05, 3.63) is 16.1 Å². The van der Waals surface area contributed by atoms with E-state index in [0.717, 1.165) is 0 Å². The molecule has 98 valence electrons. The third kappa shape index (κ3) is 3.65. The van der Waals surface area contributed by atoms with Crippen molar-refractivity contribution in [2.24, 2.45) is 0 Å². The third-order valence-electron chi connectivity index (χ3n) is 2.41. The van der Waals surface area contributed by atoms with Gasteiger partial charge in [0.25, 0.3) is 0 Å². The van der Waals surface area contributed by atoms with Gasteiger partial charge in [-0.15, -0.1) is 0 Å². The molecule has 0 aromatic carbocycles. The SMILES string of the molecule is COC(CNCc1c(=O)o[nH][n+]1C(C)C)OC. The van der Waals surface area contributed by atoms with E-state index in [0.29, 0.717) is 18.8 Å². The van der Waals surface area contributed by atoms with E-state index in [2.05, 4.69) is 10.6 Å². The van der Waals surface area contributed by atoms with Crippen LogP contribution in [0.3, 0.4) is 0 Å². The molecule has 0 aliphatic rings. The molecule has 0 amide bonds. The first-order valence-corrected chi connectivity index (χ1v) is 5.48. The molecule has 0 bridgehead atoms. The van der Waals surface area contributed by atoms with Crippen molar-refractivity contribution in [1.29, 1.82) is 0 Å². The van der Waals surface area contributed by atoms with Crippen LogP contribution in [0.1, 0.15) is 25.6 Å². The lowest BCUT2D eigenvalue weighted by Gasteiger charge is -2.12. The number of hydrogen-bond acceptors (Lipinski definition) is 5. The normalized spacial score (nSPS) is 11.6. The standard InChI is InChI=1S/C10H19N3O4/c1-7(2)13-8(10(14)17-12-13)5-11-6-9(15-3)16-4/h7,9,11H,5-6H2,1-4H3/p+1. The van der Waals surface area contributed by atoms with Crippen molar-refractivity contribution in [3.8, 4) is 0 Å². The van der Waals surface area contributed by atoms with Gasteiger partial charge in [-0.25, -0.2) is 4.79 Å². The monoisotopic (exact) mass is 246 g/mol. The number of rotatable bonds is 7. The first-order chi connectivity index (χ1) is 8.10. The minimum atomic E-state index is -0.363. The van der Waals surface area contributed by atoms with E-state index < -0.39 is 0 Å². The molecular weight excluding hydrogens is 226 g/mol. The minimum Gasteiger partial charge on any atom is -0.355 e. The Labute approximate surface area is 99.7 Å². The zero-order valence-electron chi connectivity index (χ0n) is 10.6. The maximum absolute atomic E-state index is 11.4. The lowest BCUT2D eigenvalue weighted by Crippen LogP contribution is -2.45. The van der Waals surface area contributed by atoms with Gasteiger partial charge in [0.1, 0.15) is 0 Å². The molecule has 1 aromatic heterocycles. The predicted octanol–water partition coefficient (Wildman–Crippen LogP) is -0.455. The number of nitrogens with one attached hydrogen (secondary N) is 2. The quantitative estimate of drug-likeness (QED) is 0.503. The van der Waals surface area contributed by atoms with Crippen molar-refractivity contribution in [3.63, 3.8) is 0 Å². The summed E-state index contributed by atoms with van der Waals surface area (Å²) in [4.78, 5) is 11.4. The van der Waals surface area contributed by atoms with Crippen LogP contribution < -0.4 is 15.6 Å². The largest absolute Gasteiger partial charge is 0.431 e. The Kier molecular flexibility index (Phi) is 5.33. The Balaban J connectivity index is 2.57. The van der Waals surface area contributed by atoms with Crippen LogP contribution in [0.25, 0.3) is 0 Å². The van der Waals surface area contributed by atoms with Crippen LogP contribution in [0, 0.1) is 0 Å². The molecule has 1 heterocycles. The number of ether oxygens (including phenoxy) is 2. The number of hydrogen-bond donors (Lipinski definition) is 2. The first kappa shape index (κ1) is 13.9. The molecule has 0 saturated heterocycles. The van der Waals surface area contributed by atoms with Crippen molar-refractivity contribution in [1.82, 2.24) is 10.6 Å². The van der Waals surface area contributed by atoms with Crippen LogP contribution in [0.4, 0.5) is 0 Å². The van der Waals surface area contributed by atoms with Gasteiger partial charge in [0.2, 0.25) is 0 Å². The molecule has 0 aliphatic carbocycles. The number of aromatic nitrogens is 2. The summed E-state index contributed by atoms with van der Waals surface area (Å²) in [5.41, 5.74) is 0.184. The molecule has 1 aromatic rings. The molecule has 0 aliphatic heterocycles. The zero-order valence-corrected chi connectivity index (χ0v) is 10.6. The molecule has 0 saturated carbocycles. The van der Waals surface area contributed by atoms with Crippen molar-refractivity contribution < 1.29 is 18.7 Å². The van der Waals surface area contributed by atoms with Gasteiger partial charge in [0.15, 0.2) is 12.3 Å². The molecule has 0 fully saturated rings. The van der Waals surface area contributed by atoms with E-state index in [9.17, 15) is 4.79 Å². The van der Waals surface area contributed by atoms with Crippen LogP contribution in [0.5, 0.6) is 0 Å². The van der Waals surface area contributed by atoms with E-state index in [-0.39, 0.29) is 18.0 Å². The highest BCUT2D eigenvalue weighted by molar-refractivity contribution is 4.82. The summed E-state index contributed by atoms with van der Waals surface area (Å²) in [6.45, 7) is 4.81. The first-order valence-electron chi connectivity index (χ1n) is 5.48. The molecule has 0 atom stereocenters. The molecule has 0 spiro atoms. The average molecular weight is 246 g/mol. The van der Waals surface area contributed by atoms with Crippen molar-refractivity contribution in [2.45, 2.75) is 32.7 Å². The van der Waals surface area contributed by atoms with Gasteiger partial charge < -0.3 is 14.8 Å². The molecule has 2 N–H and O–H groups in total. The topological polar surface area (TPSA) is 80.4 Å². The molecule has 0 radical (unpaired) electrons. The van der Waals surface area contributed by atoms with Gasteiger partial charge in [0.05, 0.1) is 6.54 Å². The Morgan fingerprint density at radius 1 is 1.41 bits per heavy atom. The maximum atomic E-state index is 11.4. The van der Waals surface area contributed by atoms with Crippen molar-refractivity contribution in [2.75, 3.05) is 20.8 Å². The lowest BCUT2D eigenvalue weighted by molar-refractivity contribution is -0.785. The van der Waals surface area contributed by atoms with E-state index >= 15 is 0 Å². The number of nitrogens with zero attached hydrogens (tertiary/aromatic N) is 1. The Morgan fingerprint density at radius 2 is 2.06 bits per heavy atom. The van der Waals surface area contributed by atoms with Gasteiger partial charge in [-0.2, -0.15) is 0 Å². The van der Waals surface area contributed by atoms with E-state index in [1.165, 1.54) is 0 Å². The van der Waals surface area contributed by atoms with Gasteiger partial charge >= 0.3 is 11.3 Å². The van der Waals surface area contributed by atoms with Crippen LogP contribution in [-0.4, -0.2) is 32.3 Å². The summed E-state index contributed by atoms with van der Waals surface area (Å²) >= 11 is 0. The summed E-state index contributed by atoms with van der Waals surface area (Å²) in [5, 5.41) is 5.64. The summed E-state index contributed by atoms with van der Waals surface area (Å²) in [5.74, 6) is 0.